The van der Waals surface area contributed by atoms with Gasteiger partial charge in [-0.1, -0.05) is 0 Å². The molecule has 0 aliphatic rings. The fraction of sp³-hybridized carbons (Fsp3) is 0.417. The summed E-state index contributed by atoms with van der Waals surface area (Å²) < 4.78 is 25.7. The minimum absolute atomic E-state index is 0.0704. The van der Waals surface area contributed by atoms with Gasteiger partial charge >= 0.3 is 0 Å². The van der Waals surface area contributed by atoms with E-state index < -0.39 is 11.6 Å². The predicted molar refractivity (Wildman–Crippen MR) is 61.6 cm³/mol. The second-order valence-electron chi connectivity index (χ2n) is 3.76. The Balaban J connectivity index is 2.20. The second-order valence-corrected chi connectivity index (χ2v) is 3.76. The van der Waals surface area contributed by atoms with E-state index in [9.17, 15) is 13.6 Å². The topological polar surface area (TPSA) is 41.1 Å². The van der Waals surface area contributed by atoms with Crippen LogP contribution >= 0.6 is 0 Å². The zero-order valence-corrected chi connectivity index (χ0v) is 9.72. The van der Waals surface area contributed by atoms with Gasteiger partial charge in [0.1, 0.15) is 11.6 Å². The third-order valence-corrected chi connectivity index (χ3v) is 2.19. The first-order valence-electron chi connectivity index (χ1n) is 5.48. The highest BCUT2D eigenvalue weighted by Gasteiger charge is 2.00. The summed E-state index contributed by atoms with van der Waals surface area (Å²) in [5.41, 5.74) is 0.620. The standard InChI is InChI=1S/C12H16F2N2O/c1-9(17)16-5-4-15-3-2-10-6-11(13)8-12(14)7-10/h6-8,15H,2-5H2,1H3,(H,16,17). The Hall–Kier alpha value is -1.49. The van der Waals surface area contributed by atoms with Gasteiger partial charge in [-0.2, -0.15) is 0 Å². The summed E-state index contributed by atoms with van der Waals surface area (Å²) >= 11 is 0. The summed E-state index contributed by atoms with van der Waals surface area (Å²) in [6.07, 6.45) is 0.550. The maximum Gasteiger partial charge on any atom is 0.216 e. The number of amides is 1. The lowest BCUT2D eigenvalue weighted by molar-refractivity contribution is -0.118. The molecule has 0 aromatic heterocycles. The van der Waals surface area contributed by atoms with E-state index in [0.717, 1.165) is 6.07 Å². The Morgan fingerprint density at radius 1 is 1.12 bits per heavy atom. The van der Waals surface area contributed by atoms with Crippen LogP contribution in [0.1, 0.15) is 12.5 Å². The van der Waals surface area contributed by atoms with Gasteiger partial charge in [0.05, 0.1) is 0 Å². The van der Waals surface area contributed by atoms with Gasteiger partial charge in [0.15, 0.2) is 0 Å². The van der Waals surface area contributed by atoms with Crippen LogP contribution in [-0.2, 0) is 11.2 Å². The van der Waals surface area contributed by atoms with Crippen molar-refractivity contribution < 1.29 is 13.6 Å². The van der Waals surface area contributed by atoms with E-state index in [1.54, 1.807) is 0 Å². The summed E-state index contributed by atoms with van der Waals surface area (Å²) in [4.78, 5) is 10.6. The van der Waals surface area contributed by atoms with Crippen molar-refractivity contribution >= 4 is 5.91 Å². The van der Waals surface area contributed by atoms with Crippen molar-refractivity contribution in [1.82, 2.24) is 10.6 Å². The lowest BCUT2D eigenvalue weighted by Crippen LogP contribution is -2.31. The molecule has 0 bridgehead atoms. The Morgan fingerprint density at radius 2 is 1.76 bits per heavy atom. The van der Waals surface area contributed by atoms with E-state index in [-0.39, 0.29) is 5.91 Å². The molecule has 0 heterocycles. The number of nitrogens with one attached hydrogen (secondary N) is 2. The molecule has 0 unspecified atom stereocenters. The average molecular weight is 242 g/mol. The molecular weight excluding hydrogens is 226 g/mol. The number of carbonyl (C=O) groups excluding carboxylic acids is 1. The molecule has 3 nitrogen and oxygen atoms in total. The van der Waals surface area contributed by atoms with Gasteiger partial charge in [-0.15, -0.1) is 0 Å². The average Bonchev–Trinajstić information content (AvgIpc) is 2.21. The lowest BCUT2D eigenvalue weighted by atomic mass is 10.1. The molecule has 1 rings (SSSR count). The van der Waals surface area contributed by atoms with Gasteiger partial charge in [0, 0.05) is 26.1 Å². The minimum Gasteiger partial charge on any atom is -0.355 e. The molecule has 1 aromatic carbocycles. The molecule has 0 radical (unpaired) electrons. The van der Waals surface area contributed by atoms with E-state index in [4.69, 9.17) is 0 Å². The molecule has 5 heteroatoms. The van der Waals surface area contributed by atoms with Crippen molar-refractivity contribution in [3.8, 4) is 0 Å². The van der Waals surface area contributed by atoms with E-state index >= 15 is 0 Å². The van der Waals surface area contributed by atoms with Crippen LogP contribution < -0.4 is 10.6 Å². The molecule has 0 spiro atoms. The van der Waals surface area contributed by atoms with E-state index in [1.807, 2.05) is 0 Å². The molecule has 0 fully saturated rings. The van der Waals surface area contributed by atoms with E-state index in [1.165, 1.54) is 19.1 Å². The van der Waals surface area contributed by atoms with Crippen LogP contribution in [0.15, 0.2) is 18.2 Å². The Morgan fingerprint density at radius 3 is 2.35 bits per heavy atom. The molecule has 2 N–H and O–H groups in total. The summed E-state index contributed by atoms with van der Waals surface area (Å²) in [6.45, 7) is 3.25. The van der Waals surface area contributed by atoms with E-state index in [2.05, 4.69) is 10.6 Å². The van der Waals surface area contributed by atoms with Crippen molar-refractivity contribution in [3.05, 3.63) is 35.4 Å². The number of halogens is 2. The highest BCUT2D eigenvalue weighted by atomic mass is 19.1. The molecule has 94 valence electrons. The van der Waals surface area contributed by atoms with Gasteiger partial charge in [0.2, 0.25) is 5.91 Å². The molecule has 1 amide bonds. The molecule has 0 aliphatic carbocycles. The molecule has 1 aromatic rings. The highest BCUT2D eigenvalue weighted by molar-refractivity contribution is 5.72. The first-order valence-corrected chi connectivity index (χ1v) is 5.48. The van der Waals surface area contributed by atoms with Crippen LogP contribution in [-0.4, -0.2) is 25.5 Å². The van der Waals surface area contributed by atoms with Crippen LogP contribution in [0.2, 0.25) is 0 Å². The van der Waals surface area contributed by atoms with Crippen LogP contribution in [0.3, 0.4) is 0 Å². The largest absolute Gasteiger partial charge is 0.355 e. The van der Waals surface area contributed by atoms with Crippen LogP contribution in [0, 0.1) is 11.6 Å². The van der Waals surface area contributed by atoms with Crippen molar-refractivity contribution in [1.29, 1.82) is 0 Å². The number of hydrogen-bond acceptors (Lipinski definition) is 2. The van der Waals surface area contributed by atoms with Crippen LogP contribution in [0.25, 0.3) is 0 Å². The highest BCUT2D eigenvalue weighted by Crippen LogP contribution is 2.07. The lowest BCUT2D eigenvalue weighted by Gasteiger charge is -2.05. The van der Waals surface area contributed by atoms with Gasteiger partial charge < -0.3 is 10.6 Å². The maximum absolute atomic E-state index is 12.8. The summed E-state index contributed by atoms with van der Waals surface area (Å²) in [5.74, 6) is -1.18. The van der Waals surface area contributed by atoms with Crippen LogP contribution in [0.4, 0.5) is 8.78 Å². The smallest absolute Gasteiger partial charge is 0.216 e. The number of rotatable bonds is 6. The number of hydrogen-bond donors (Lipinski definition) is 2. The van der Waals surface area contributed by atoms with Crippen molar-refractivity contribution in [2.75, 3.05) is 19.6 Å². The Kier molecular flexibility index (Phi) is 5.56. The summed E-state index contributed by atoms with van der Waals surface area (Å²) in [5, 5.41) is 5.71. The zero-order chi connectivity index (χ0) is 12.7. The number of carbonyl (C=O) groups is 1. The molecule has 0 aliphatic heterocycles. The summed E-state index contributed by atoms with van der Waals surface area (Å²) in [6, 6.07) is 3.49. The van der Waals surface area contributed by atoms with Crippen LogP contribution in [0.5, 0.6) is 0 Å². The molecule has 0 saturated heterocycles. The molecule has 0 saturated carbocycles. The third kappa shape index (κ3) is 5.97. The monoisotopic (exact) mass is 242 g/mol. The fourth-order valence-corrected chi connectivity index (χ4v) is 1.44. The van der Waals surface area contributed by atoms with Crippen molar-refractivity contribution in [3.63, 3.8) is 0 Å². The first kappa shape index (κ1) is 13.6. The third-order valence-electron chi connectivity index (χ3n) is 2.19. The first-order chi connectivity index (χ1) is 8.08. The van der Waals surface area contributed by atoms with E-state index in [0.29, 0.717) is 31.6 Å². The van der Waals surface area contributed by atoms with Crippen molar-refractivity contribution in [2.24, 2.45) is 0 Å². The second kappa shape index (κ2) is 6.96. The SMILES string of the molecule is CC(=O)NCCNCCc1cc(F)cc(F)c1. The van der Waals surface area contributed by atoms with Gasteiger partial charge in [0.25, 0.3) is 0 Å². The molecule has 0 atom stereocenters. The molecule has 17 heavy (non-hydrogen) atoms. The van der Waals surface area contributed by atoms with Gasteiger partial charge in [-0.25, -0.2) is 8.78 Å². The quantitative estimate of drug-likeness (QED) is 0.737. The van der Waals surface area contributed by atoms with Gasteiger partial charge in [-0.3, -0.25) is 4.79 Å². The van der Waals surface area contributed by atoms with Gasteiger partial charge in [-0.05, 0) is 30.7 Å². The zero-order valence-electron chi connectivity index (χ0n) is 9.72. The fourth-order valence-electron chi connectivity index (χ4n) is 1.44. The predicted octanol–water partition coefficient (Wildman–Crippen LogP) is 1.23. The number of benzene rings is 1. The Labute approximate surface area is 99.2 Å². The maximum atomic E-state index is 12.8. The molecular formula is C12H16F2N2O. The Bertz CT molecular complexity index is 363. The normalized spacial score (nSPS) is 10.3. The van der Waals surface area contributed by atoms with Crippen molar-refractivity contribution in [2.45, 2.75) is 13.3 Å². The minimum atomic E-state index is -0.557. The summed E-state index contributed by atoms with van der Waals surface area (Å²) in [7, 11) is 0.